The first-order valence-electron chi connectivity index (χ1n) is 16.5. The van der Waals surface area contributed by atoms with Gasteiger partial charge in [-0.05, 0) is 51.4 Å². The molecule has 43 heavy (non-hydrogen) atoms. The second-order valence-corrected chi connectivity index (χ2v) is 12.1. The van der Waals surface area contributed by atoms with Gasteiger partial charge in [-0.25, -0.2) is 4.57 Å². The minimum Gasteiger partial charge on any atom is -0.462 e. The molecule has 0 radical (unpaired) electrons. The lowest BCUT2D eigenvalue weighted by Gasteiger charge is -2.19. The fourth-order valence-corrected chi connectivity index (χ4v) is 4.81. The molecular formula is C33H60NO8P. The van der Waals surface area contributed by atoms with Gasteiger partial charge < -0.3 is 20.1 Å². The van der Waals surface area contributed by atoms with E-state index in [2.05, 4.69) is 38.2 Å². The van der Waals surface area contributed by atoms with E-state index in [9.17, 15) is 19.0 Å². The van der Waals surface area contributed by atoms with Crippen LogP contribution in [0, 0.1) is 0 Å². The lowest BCUT2D eigenvalue weighted by atomic mass is 10.1. The van der Waals surface area contributed by atoms with Crippen LogP contribution in [0.5, 0.6) is 0 Å². The number of hydrogen-bond donors (Lipinski definition) is 2. The van der Waals surface area contributed by atoms with E-state index < -0.39 is 32.5 Å². The number of rotatable bonds is 30. The molecule has 0 aliphatic heterocycles. The van der Waals surface area contributed by atoms with Gasteiger partial charge in [0.05, 0.1) is 13.2 Å². The fraction of sp³-hybridized carbons (Fsp3) is 0.758. The topological polar surface area (TPSA) is 134 Å². The zero-order valence-electron chi connectivity index (χ0n) is 26.9. The molecule has 0 rings (SSSR count). The molecule has 0 aromatic rings. The first kappa shape index (κ1) is 41.2. The van der Waals surface area contributed by atoms with Gasteiger partial charge in [0.1, 0.15) is 6.61 Å². The molecule has 0 aromatic heterocycles. The summed E-state index contributed by atoms with van der Waals surface area (Å²) in [5.74, 6) is -0.955. The van der Waals surface area contributed by atoms with Crippen LogP contribution in [0.3, 0.4) is 0 Å². The van der Waals surface area contributed by atoms with E-state index in [1.54, 1.807) is 0 Å². The Morgan fingerprint density at radius 1 is 0.698 bits per heavy atom. The van der Waals surface area contributed by atoms with Crippen molar-refractivity contribution in [2.24, 2.45) is 5.73 Å². The molecule has 9 nitrogen and oxygen atoms in total. The highest BCUT2D eigenvalue weighted by Gasteiger charge is 2.25. The van der Waals surface area contributed by atoms with E-state index in [1.807, 2.05) is 12.2 Å². The van der Waals surface area contributed by atoms with Crippen molar-refractivity contribution in [3.63, 3.8) is 0 Å². The highest BCUT2D eigenvalue weighted by Crippen LogP contribution is 2.43. The van der Waals surface area contributed by atoms with Gasteiger partial charge in [0.15, 0.2) is 6.10 Å². The summed E-state index contributed by atoms with van der Waals surface area (Å²) < 4.78 is 32.3. The summed E-state index contributed by atoms with van der Waals surface area (Å²) in [6.07, 6.45) is 29.3. The predicted molar refractivity (Wildman–Crippen MR) is 173 cm³/mol. The second-order valence-electron chi connectivity index (χ2n) is 10.7. The molecule has 0 heterocycles. The van der Waals surface area contributed by atoms with Crippen LogP contribution in [0.2, 0.25) is 0 Å². The average molecular weight is 630 g/mol. The summed E-state index contributed by atoms with van der Waals surface area (Å²) in [6, 6.07) is 0. The van der Waals surface area contributed by atoms with Crippen molar-refractivity contribution in [3.05, 3.63) is 36.5 Å². The number of unbranched alkanes of at least 4 members (excludes halogenated alkanes) is 11. The number of carbonyl (C=O) groups is 2. The highest BCUT2D eigenvalue weighted by atomic mass is 31.2. The summed E-state index contributed by atoms with van der Waals surface area (Å²) in [5, 5.41) is 0. The standard InChI is InChI=1S/C33H60NO8P/c1-3-5-7-9-11-13-14-15-16-18-20-22-24-26-33(36)42-31(30-41-43(37,38)40-28-27-34)29-39-32(35)25-23-21-19-17-12-10-8-6-4-2/h15-17,19-20,22,31H,3-14,18,21,23-30,34H2,1-2H3,(H,37,38)/b16-15+,19-17+,22-20+. The van der Waals surface area contributed by atoms with Crippen molar-refractivity contribution in [1.29, 1.82) is 0 Å². The van der Waals surface area contributed by atoms with Crippen LogP contribution in [-0.4, -0.2) is 49.3 Å². The maximum absolute atomic E-state index is 12.4. The Morgan fingerprint density at radius 3 is 1.91 bits per heavy atom. The number of ether oxygens (including phenoxy) is 2. The smallest absolute Gasteiger partial charge is 0.462 e. The first-order chi connectivity index (χ1) is 20.8. The SMILES string of the molecule is CCCCCC/C=C/CCCC(=O)OCC(COP(=O)(O)OCCN)OC(=O)CC/C=C/C/C=C/CCCCCCCC. The van der Waals surface area contributed by atoms with Gasteiger partial charge in [0.25, 0.3) is 0 Å². The van der Waals surface area contributed by atoms with Crippen LogP contribution in [0.15, 0.2) is 36.5 Å². The molecular weight excluding hydrogens is 569 g/mol. The molecule has 0 aliphatic rings. The lowest BCUT2D eigenvalue weighted by molar-refractivity contribution is -0.161. The van der Waals surface area contributed by atoms with E-state index in [0.29, 0.717) is 12.8 Å². The lowest BCUT2D eigenvalue weighted by Crippen LogP contribution is -2.29. The monoisotopic (exact) mass is 629 g/mol. The van der Waals surface area contributed by atoms with Crippen LogP contribution < -0.4 is 5.73 Å². The van der Waals surface area contributed by atoms with Crippen molar-refractivity contribution >= 4 is 19.8 Å². The molecule has 0 spiro atoms. The molecule has 0 amide bonds. The van der Waals surface area contributed by atoms with Gasteiger partial charge in [-0.1, -0.05) is 102 Å². The normalized spacial score (nSPS) is 14.0. The molecule has 2 atom stereocenters. The number of carbonyl (C=O) groups excluding carboxylic acids is 2. The number of allylic oxidation sites excluding steroid dienone is 6. The summed E-state index contributed by atoms with van der Waals surface area (Å²) in [4.78, 5) is 34.4. The number of nitrogens with two attached hydrogens (primary N) is 1. The maximum atomic E-state index is 12.4. The van der Waals surface area contributed by atoms with Gasteiger partial charge in [0, 0.05) is 19.4 Å². The number of hydrogen-bond acceptors (Lipinski definition) is 8. The minimum absolute atomic E-state index is 0.0421. The first-order valence-corrected chi connectivity index (χ1v) is 18.0. The van der Waals surface area contributed by atoms with Crippen LogP contribution in [0.25, 0.3) is 0 Å². The summed E-state index contributed by atoms with van der Waals surface area (Å²) >= 11 is 0. The van der Waals surface area contributed by atoms with Gasteiger partial charge in [-0.15, -0.1) is 0 Å². The molecule has 0 aliphatic carbocycles. The third kappa shape index (κ3) is 30.1. The van der Waals surface area contributed by atoms with Crippen molar-refractivity contribution < 1.29 is 37.6 Å². The zero-order valence-corrected chi connectivity index (χ0v) is 27.8. The van der Waals surface area contributed by atoms with Gasteiger partial charge in [-0.2, -0.15) is 0 Å². The van der Waals surface area contributed by atoms with Crippen LogP contribution in [0.1, 0.15) is 129 Å². The Labute approximate surface area is 261 Å². The minimum atomic E-state index is -4.38. The average Bonchev–Trinajstić information content (AvgIpc) is 2.99. The molecule has 2 unspecified atom stereocenters. The van der Waals surface area contributed by atoms with Crippen molar-refractivity contribution in [3.8, 4) is 0 Å². The molecule has 0 saturated carbocycles. The van der Waals surface area contributed by atoms with Gasteiger partial charge in [0.2, 0.25) is 0 Å². The Balaban J connectivity index is 4.44. The summed E-state index contributed by atoms with van der Waals surface area (Å²) in [7, 11) is -4.38. The summed E-state index contributed by atoms with van der Waals surface area (Å²) in [6.45, 7) is 3.54. The number of phosphoric ester groups is 1. The summed E-state index contributed by atoms with van der Waals surface area (Å²) in [5.41, 5.74) is 5.30. The molecule has 0 aromatic carbocycles. The zero-order chi connectivity index (χ0) is 31.9. The molecule has 0 saturated heterocycles. The maximum Gasteiger partial charge on any atom is 0.472 e. The van der Waals surface area contributed by atoms with E-state index in [1.165, 1.54) is 64.2 Å². The third-order valence-electron chi connectivity index (χ3n) is 6.51. The number of phosphoric acid groups is 1. The van der Waals surface area contributed by atoms with Crippen LogP contribution in [-0.2, 0) is 32.7 Å². The Morgan fingerprint density at radius 2 is 1.26 bits per heavy atom. The second kappa shape index (κ2) is 30.3. The Bertz CT molecular complexity index is 815. The predicted octanol–water partition coefficient (Wildman–Crippen LogP) is 8.26. The van der Waals surface area contributed by atoms with E-state index in [-0.39, 0.29) is 32.6 Å². The van der Waals surface area contributed by atoms with E-state index >= 15 is 0 Å². The highest BCUT2D eigenvalue weighted by molar-refractivity contribution is 7.47. The van der Waals surface area contributed by atoms with Gasteiger partial charge >= 0.3 is 19.8 Å². The molecule has 10 heteroatoms. The number of esters is 2. The van der Waals surface area contributed by atoms with Crippen LogP contribution >= 0.6 is 7.82 Å². The quantitative estimate of drug-likeness (QED) is 0.0348. The van der Waals surface area contributed by atoms with Gasteiger partial charge in [-0.3, -0.25) is 18.6 Å². The Hall–Kier alpha value is -1.77. The largest absolute Gasteiger partial charge is 0.472 e. The fourth-order valence-electron chi connectivity index (χ4n) is 4.04. The van der Waals surface area contributed by atoms with Crippen molar-refractivity contribution in [2.75, 3.05) is 26.4 Å². The van der Waals surface area contributed by atoms with E-state index in [0.717, 1.165) is 25.7 Å². The van der Waals surface area contributed by atoms with Crippen molar-refractivity contribution in [2.45, 2.75) is 136 Å². The molecule has 0 bridgehead atoms. The van der Waals surface area contributed by atoms with Crippen molar-refractivity contribution in [1.82, 2.24) is 0 Å². The molecule has 250 valence electrons. The molecule has 0 fully saturated rings. The molecule has 3 N–H and O–H groups in total. The van der Waals surface area contributed by atoms with E-state index in [4.69, 9.17) is 24.3 Å². The Kier molecular flexibility index (Phi) is 29.0. The van der Waals surface area contributed by atoms with Crippen LogP contribution in [0.4, 0.5) is 0 Å². The third-order valence-corrected chi connectivity index (χ3v) is 7.50.